The van der Waals surface area contributed by atoms with Gasteiger partial charge in [-0.3, -0.25) is 4.79 Å². The van der Waals surface area contributed by atoms with Gasteiger partial charge in [0.15, 0.2) is 0 Å². The summed E-state index contributed by atoms with van der Waals surface area (Å²) in [5, 5.41) is 8.81. The van der Waals surface area contributed by atoms with Crippen LogP contribution in [0.5, 0.6) is 0 Å². The van der Waals surface area contributed by atoms with Crippen LogP contribution < -0.4 is 10.6 Å². The van der Waals surface area contributed by atoms with Crippen molar-refractivity contribution in [2.75, 3.05) is 13.6 Å². The Morgan fingerprint density at radius 3 is 2.90 bits per heavy atom. The van der Waals surface area contributed by atoms with Crippen LogP contribution >= 0.6 is 22.9 Å². The van der Waals surface area contributed by atoms with Crippen LogP contribution in [0.25, 0.3) is 0 Å². The summed E-state index contributed by atoms with van der Waals surface area (Å²) in [5.41, 5.74) is 1.85. The van der Waals surface area contributed by atoms with Gasteiger partial charge in [0.2, 0.25) is 0 Å². The van der Waals surface area contributed by atoms with E-state index in [-0.39, 0.29) is 5.91 Å². The third-order valence-electron chi connectivity index (χ3n) is 2.98. The van der Waals surface area contributed by atoms with E-state index in [0.717, 1.165) is 35.0 Å². The smallest absolute Gasteiger partial charge is 0.251 e. The van der Waals surface area contributed by atoms with E-state index in [2.05, 4.69) is 10.6 Å². The third kappa shape index (κ3) is 4.07. The molecule has 0 unspecified atom stereocenters. The molecular formula is C15H17ClN2OS. The molecule has 0 aliphatic carbocycles. The third-order valence-corrected chi connectivity index (χ3v) is 4.37. The second-order valence-corrected chi connectivity index (χ2v) is 5.81. The van der Waals surface area contributed by atoms with Crippen LogP contribution in [0.1, 0.15) is 20.8 Å². The van der Waals surface area contributed by atoms with Crippen LogP contribution in [0.15, 0.2) is 35.7 Å². The lowest BCUT2D eigenvalue weighted by atomic mass is 10.1. The SMILES string of the molecule is CNC(=O)c1cccc(CCNCc2sccc2Cl)c1. The number of benzene rings is 1. The van der Waals surface area contributed by atoms with Gasteiger partial charge in [-0.2, -0.15) is 0 Å². The van der Waals surface area contributed by atoms with Gasteiger partial charge in [0.25, 0.3) is 5.91 Å². The summed E-state index contributed by atoms with van der Waals surface area (Å²) in [6.45, 7) is 1.64. The second-order valence-electron chi connectivity index (χ2n) is 4.40. The van der Waals surface area contributed by atoms with Crippen molar-refractivity contribution in [2.45, 2.75) is 13.0 Å². The van der Waals surface area contributed by atoms with Gasteiger partial charge in [-0.15, -0.1) is 11.3 Å². The highest BCUT2D eigenvalue weighted by Crippen LogP contribution is 2.21. The van der Waals surface area contributed by atoms with Crippen molar-refractivity contribution in [3.05, 3.63) is 56.7 Å². The van der Waals surface area contributed by atoms with E-state index in [1.54, 1.807) is 18.4 Å². The molecule has 0 bridgehead atoms. The molecule has 20 heavy (non-hydrogen) atoms. The van der Waals surface area contributed by atoms with Gasteiger partial charge in [0.05, 0.1) is 5.02 Å². The van der Waals surface area contributed by atoms with Gasteiger partial charge < -0.3 is 10.6 Å². The first-order valence-electron chi connectivity index (χ1n) is 6.44. The minimum absolute atomic E-state index is 0.0508. The summed E-state index contributed by atoms with van der Waals surface area (Å²) in [4.78, 5) is 12.7. The van der Waals surface area contributed by atoms with Crippen LogP contribution in [-0.2, 0) is 13.0 Å². The van der Waals surface area contributed by atoms with Crippen molar-refractivity contribution in [1.82, 2.24) is 10.6 Å². The first-order valence-corrected chi connectivity index (χ1v) is 7.70. The number of carbonyl (C=O) groups is 1. The average Bonchev–Trinajstić information content (AvgIpc) is 2.88. The molecule has 2 N–H and O–H groups in total. The summed E-state index contributed by atoms with van der Waals surface area (Å²) in [5.74, 6) is -0.0508. The summed E-state index contributed by atoms with van der Waals surface area (Å²) in [6.07, 6.45) is 0.883. The Bertz CT molecular complexity index is 583. The molecule has 1 aromatic carbocycles. The number of halogens is 1. The lowest BCUT2D eigenvalue weighted by Gasteiger charge is -2.06. The zero-order chi connectivity index (χ0) is 14.4. The monoisotopic (exact) mass is 308 g/mol. The number of nitrogens with one attached hydrogen (secondary N) is 2. The summed E-state index contributed by atoms with van der Waals surface area (Å²) in [6, 6.07) is 9.61. The number of amides is 1. The molecule has 1 heterocycles. The Kier molecular flexibility index (Phi) is 5.59. The van der Waals surface area contributed by atoms with Gasteiger partial charge in [-0.05, 0) is 42.1 Å². The van der Waals surface area contributed by atoms with Crippen LogP contribution in [0.3, 0.4) is 0 Å². The fraction of sp³-hybridized carbons (Fsp3) is 0.267. The molecule has 3 nitrogen and oxygen atoms in total. The van der Waals surface area contributed by atoms with E-state index < -0.39 is 0 Å². The number of rotatable bonds is 6. The first-order chi connectivity index (χ1) is 9.70. The Morgan fingerprint density at radius 1 is 1.35 bits per heavy atom. The molecule has 106 valence electrons. The molecule has 0 aliphatic rings. The molecule has 2 rings (SSSR count). The highest BCUT2D eigenvalue weighted by molar-refractivity contribution is 7.10. The summed E-state index contributed by atoms with van der Waals surface area (Å²) < 4.78 is 0. The number of hydrogen-bond acceptors (Lipinski definition) is 3. The van der Waals surface area contributed by atoms with Crippen LogP contribution in [0.4, 0.5) is 0 Å². The molecule has 5 heteroatoms. The van der Waals surface area contributed by atoms with E-state index in [1.165, 1.54) is 0 Å². The summed E-state index contributed by atoms with van der Waals surface area (Å²) >= 11 is 7.69. The lowest BCUT2D eigenvalue weighted by molar-refractivity contribution is 0.0963. The predicted molar refractivity (Wildman–Crippen MR) is 84.6 cm³/mol. The van der Waals surface area contributed by atoms with Crippen molar-refractivity contribution in [3.63, 3.8) is 0 Å². The highest BCUT2D eigenvalue weighted by Gasteiger charge is 2.04. The van der Waals surface area contributed by atoms with Crippen molar-refractivity contribution >= 4 is 28.8 Å². The van der Waals surface area contributed by atoms with Crippen LogP contribution in [0, 0.1) is 0 Å². The molecule has 0 saturated carbocycles. The van der Waals surface area contributed by atoms with Gasteiger partial charge in [0.1, 0.15) is 0 Å². The van der Waals surface area contributed by atoms with E-state index >= 15 is 0 Å². The maximum Gasteiger partial charge on any atom is 0.251 e. The minimum atomic E-state index is -0.0508. The van der Waals surface area contributed by atoms with Crippen molar-refractivity contribution in [2.24, 2.45) is 0 Å². The molecular weight excluding hydrogens is 292 g/mol. The lowest BCUT2D eigenvalue weighted by Crippen LogP contribution is -2.19. The molecule has 1 amide bonds. The second kappa shape index (κ2) is 7.43. The van der Waals surface area contributed by atoms with Gasteiger partial charge >= 0.3 is 0 Å². The average molecular weight is 309 g/mol. The zero-order valence-electron chi connectivity index (χ0n) is 11.3. The van der Waals surface area contributed by atoms with Crippen LogP contribution in [-0.4, -0.2) is 19.5 Å². The Morgan fingerprint density at radius 2 is 2.20 bits per heavy atom. The maximum atomic E-state index is 11.5. The molecule has 1 aromatic heterocycles. The first kappa shape index (κ1) is 15.0. The van der Waals surface area contributed by atoms with Gasteiger partial charge in [0, 0.05) is 24.0 Å². The molecule has 0 radical (unpaired) electrons. The van der Waals surface area contributed by atoms with E-state index in [4.69, 9.17) is 11.6 Å². The topological polar surface area (TPSA) is 41.1 Å². The van der Waals surface area contributed by atoms with Crippen molar-refractivity contribution < 1.29 is 4.79 Å². The standard InChI is InChI=1S/C15H17ClN2OS/c1-17-15(19)12-4-2-3-11(9-12)5-7-18-10-14-13(16)6-8-20-14/h2-4,6,8-9,18H,5,7,10H2,1H3,(H,17,19). The quantitative estimate of drug-likeness (QED) is 0.805. The van der Waals surface area contributed by atoms with Crippen molar-refractivity contribution in [3.8, 4) is 0 Å². The fourth-order valence-electron chi connectivity index (χ4n) is 1.90. The normalized spacial score (nSPS) is 10.5. The zero-order valence-corrected chi connectivity index (χ0v) is 12.9. The summed E-state index contributed by atoms with van der Waals surface area (Å²) in [7, 11) is 1.64. The molecule has 0 atom stereocenters. The van der Waals surface area contributed by atoms with Crippen molar-refractivity contribution in [1.29, 1.82) is 0 Å². The fourth-order valence-corrected chi connectivity index (χ4v) is 2.97. The van der Waals surface area contributed by atoms with Gasteiger partial charge in [-0.25, -0.2) is 0 Å². The van der Waals surface area contributed by atoms with Gasteiger partial charge in [-0.1, -0.05) is 23.7 Å². The number of carbonyl (C=O) groups excluding carboxylic acids is 1. The van der Waals surface area contributed by atoms with Crippen LogP contribution in [0.2, 0.25) is 5.02 Å². The van der Waals surface area contributed by atoms with E-state index in [0.29, 0.717) is 5.56 Å². The molecule has 0 fully saturated rings. The highest BCUT2D eigenvalue weighted by atomic mass is 35.5. The van der Waals surface area contributed by atoms with E-state index in [9.17, 15) is 4.79 Å². The Balaban J connectivity index is 1.82. The molecule has 2 aromatic rings. The Hall–Kier alpha value is -1.36. The van der Waals surface area contributed by atoms with E-state index in [1.807, 2.05) is 35.7 Å². The maximum absolute atomic E-state index is 11.5. The number of hydrogen-bond donors (Lipinski definition) is 2. The largest absolute Gasteiger partial charge is 0.355 e. The minimum Gasteiger partial charge on any atom is -0.355 e. The molecule has 0 saturated heterocycles. The Labute approximate surface area is 128 Å². The molecule has 0 spiro atoms. The predicted octanol–water partition coefficient (Wildman–Crippen LogP) is 3.09. The number of thiophene rings is 1. The molecule has 0 aliphatic heterocycles.